The number of benzene rings is 1. The van der Waals surface area contributed by atoms with E-state index in [0.29, 0.717) is 15.0 Å². The van der Waals surface area contributed by atoms with Crippen LogP contribution in [0.2, 0.25) is 0 Å². The van der Waals surface area contributed by atoms with Gasteiger partial charge in [0, 0.05) is 0 Å². The number of unbranched alkanes of at least 4 members (excludes halogenated alkanes) is 4. The van der Waals surface area contributed by atoms with Gasteiger partial charge in [0.25, 0.3) is 0 Å². The molecule has 1 aromatic rings. The Morgan fingerprint density at radius 1 is 1.19 bits per heavy atom. The van der Waals surface area contributed by atoms with E-state index in [0.717, 1.165) is 10.4 Å². The fraction of sp³-hybridized carbons (Fsp3) is 0.429. The van der Waals surface area contributed by atoms with Crippen molar-refractivity contribution >= 4 is 31.0 Å². The van der Waals surface area contributed by atoms with E-state index in [2.05, 4.69) is 37.3 Å². The van der Waals surface area contributed by atoms with Gasteiger partial charge in [0.1, 0.15) is 0 Å². The van der Waals surface area contributed by atoms with E-state index in [1.165, 1.54) is 30.1 Å². The Morgan fingerprint density at radius 2 is 1.94 bits per heavy atom. The summed E-state index contributed by atoms with van der Waals surface area (Å²) in [5.74, 6) is 0. The first kappa shape index (κ1) is 13.8. The van der Waals surface area contributed by atoms with Crippen LogP contribution in [-0.2, 0) is 0 Å². The molecule has 0 aromatic heterocycles. The molecule has 1 rings (SSSR count). The molecule has 0 nitrogen and oxygen atoms in total. The molecule has 0 atom stereocenters. The Hall–Kier alpha value is -0.231. The molecule has 0 N–H and O–H groups in total. The summed E-state index contributed by atoms with van der Waals surface area (Å²) in [6.07, 6.45) is 8.57. The van der Waals surface area contributed by atoms with Crippen molar-refractivity contribution in [2.24, 2.45) is 0 Å². The average molecular weight is 302 g/mol. The summed E-state index contributed by atoms with van der Waals surface area (Å²) in [7, 11) is 0. The summed E-state index contributed by atoms with van der Waals surface area (Å²) in [5.41, 5.74) is 0. The SMILES string of the molecule is CCCCCC/C=C(\Cl)[Se]c1ccccc1. The van der Waals surface area contributed by atoms with E-state index >= 15 is 0 Å². The molecule has 2 heteroatoms. The van der Waals surface area contributed by atoms with Crippen molar-refractivity contribution in [2.75, 3.05) is 0 Å². The van der Waals surface area contributed by atoms with Gasteiger partial charge in [-0.2, -0.15) is 0 Å². The van der Waals surface area contributed by atoms with Crippen molar-refractivity contribution in [1.82, 2.24) is 0 Å². The number of allylic oxidation sites excluding steroid dienone is 1. The third-order valence-corrected chi connectivity index (χ3v) is 4.70. The normalized spacial score (nSPS) is 11.8. The molecule has 0 spiro atoms. The molecule has 0 aliphatic carbocycles. The summed E-state index contributed by atoms with van der Waals surface area (Å²) in [4.78, 5) is 0. The molecule has 0 amide bonds. The molecule has 88 valence electrons. The molecule has 0 aliphatic rings. The van der Waals surface area contributed by atoms with Crippen LogP contribution in [0.3, 0.4) is 0 Å². The molecule has 0 saturated heterocycles. The predicted octanol–water partition coefficient (Wildman–Crippen LogP) is 4.07. The van der Waals surface area contributed by atoms with Crippen LogP contribution in [0, 0.1) is 0 Å². The number of hydrogen-bond donors (Lipinski definition) is 0. The average Bonchev–Trinajstić information content (AvgIpc) is 2.30. The van der Waals surface area contributed by atoms with Gasteiger partial charge in [0.2, 0.25) is 0 Å². The fourth-order valence-corrected chi connectivity index (χ4v) is 3.51. The van der Waals surface area contributed by atoms with Crippen LogP contribution in [0.15, 0.2) is 40.3 Å². The maximum absolute atomic E-state index is 6.22. The monoisotopic (exact) mass is 302 g/mol. The van der Waals surface area contributed by atoms with Gasteiger partial charge in [-0.1, -0.05) is 0 Å². The van der Waals surface area contributed by atoms with Crippen molar-refractivity contribution < 1.29 is 0 Å². The Kier molecular flexibility index (Phi) is 7.67. The van der Waals surface area contributed by atoms with Crippen LogP contribution < -0.4 is 4.46 Å². The first-order chi connectivity index (χ1) is 7.83. The van der Waals surface area contributed by atoms with Gasteiger partial charge in [0.05, 0.1) is 0 Å². The Balaban J connectivity index is 2.24. The van der Waals surface area contributed by atoms with Gasteiger partial charge in [0.15, 0.2) is 0 Å². The summed E-state index contributed by atoms with van der Waals surface area (Å²) in [5, 5.41) is 0. The third kappa shape index (κ3) is 6.37. The number of rotatable bonds is 7. The Labute approximate surface area is 110 Å². The molecule has 0 bridgehead atoms. The summed E-state index contributed by atoms with van der Waals surface area (Å²) in [6.45, 7) is 2.24. The second kappa shape index (κ2) is 8.87. The van der Waals surface area contributed by atoms with Crippen molar-refractivity contribution in [1.29, 1.82) is 0 Å². The first-order valence-electron chi connectivity index (χ1n) is 5.91. The third-order valence-electron chi connectivity index (χ3n) is 2.32. The van der Waals surface area contributed by atoms with Gasteiger partial charge >= 0.3 is 110 Å². The van der Waals surface area contributed by atoms with Crippen LogP contribution in [0.25, 0.3) is 0 Å². The molecular weight excluding hydrogens is 283 g/mol. The van der Waals surface area contributed by atoms with Crippen molar-refractivity contribution in [3.8, 4) is 0 Å². The van der Waals surface area contributed by atoms with Gasteiger partial charge in [-0.25, -0.2) is 0 Å². The second-order valence-corrected chi connectivity index (χ2v) is 7.03. The maximum atomic E-state index is 6.22. The van der Waals surface area contributed by atoms with Gasteiger partial charge in [-0.05, 0) is 0 Å². The predicted molar refractivity (Wildman–Crippen MR) is 74.5 cm³/mol. The second-order valence-electron chi connectivity index (χ2n) is 3.77. The van der Waals surface area contributed by atoms with Gasteiger partial charge in [-0.15, -0.1) is 0 Å². The van der Waals surface area contributed by atoms with Crippen molar-refractivity contribution in [3.05, 3.63) is 40.3 Å². The Bertz CT molecular complexity index is 306. The zero-order valence-electron chi connectivity index (χ0n) is 9.79. The van der Waals surface area contributed by atoms with Crippen molar-refractivity contribution in [3.63, 3.8) is 0 Å². The van der Waals surface area contributed by atoms with Crippen LogP contribution in [0.1, 0.15) is 39.0 Å². The zero-order valence-corrected chi connectivity index (χ0v) is 12.3. The minimum absolute atomic E-state index is 0.299. The van der Waals surface area contributed by atoms with Gasteiger partial charge in [-0.3, -0.25) is 0 Å². The van der Waals surface area contributed by atoms with E-state index in [-0.39, 0.29) is 0 Å². The van der Waals surface area contributed by atoms with E-state index in [1.54, 1.807) is 0 Å². The molecule has 0 fully saturated rings. The summed E-state index contributed by atoms with van der Waals surface area (Å²) in [6, 6.07) is 10.5. The van der Waals surface area contributed by atoms with Crippen LogP contribution in [0.5, 0.6) is 0 Å². The summed E-state index contributed by atoms with van der Waals surface area (Å²) >= 11 is 6.52. The van der Waals surface area contributed by atoms with E-state index in [1.807, 2.05) is 6.07 Å². The number of halogens is 1. The first-order valence-corrected chi connectivity index (χ1v) is 8.00. The molecule has 16 heavy (non-hydrogen) atoms. The quantitative estimate of drug-likeness (QED) is 0.526. The van der Waals surface area contributed by atoms with Crippen LogP contribution in [0.4, 0.5) is 0 Å². The van der Waals surface area contributed by atoms with E-state index in [9.17, 15) is 0 Å². The van der Waals surface area contributed by atoms with Crippen LogP contribution in [-0.4, -0.2) is 15.0 Å². The molecule has 0 heterocycles. The van der Waals surface area contributed by atoms with E-state index < -0.39 is 0 Å². The molecule has 0 unspecified atom stereocenters. The molecule has 0 radical (unpaired) electrons. The topological polar surface area (TPSA) is 0 Å². The minimum atomic E-state index is 0.299. The van der Waals surface area contributed by atoms with E-state index in [4.69, 9.17) is 11.6 Å². The molecule has 0 aliphatic heterocycles. The van der Waals surface area contributed by atoms with Crippen molar-refractivity contribution in [2.45, 2.75) is 39.0 Å². The fourth-order valence-electron chi connectivity index (χ4n) is 1.43. The zero-order chi connectivity index (χ0) is 11.6. The number of hydrogen-bond acceptors (Lipinski definition) is 0. The summed E-state index contributed by atoms with van der Waals surface area (Å²) < 4.78 is 2.39. The Morgan fingerprint density at radius 3 is 2.62 bits per heavy atom. The van der Waals surface area contributed by atoms with Gasteiger partial charge < -0.3 is 0 Å². The molecule has 1 aromatic carbocycles. The van der Waals surface area contributed by atoms with Crippen LogP contribution >= 0.6 is 11.6 Å². The molecule has 0 saturated carbocycles. The standard InChI is InChI=1S/C14H19ClSe/c1-2-3-4-5-9-12-14(15)16-13-10-7-6-8-11-13/h6-8,10-12H,2-5,9H2,1H3/b14-12+. The molecular formula is C14H19ClSe.